The van der Waals surface area contributed by atoms with Gasteiger partial charge in [-0.3, -0.25) is 19.0 Å². The van der Waals surface area contributed by atoms with Crippen LogP contribution < -0.4 is 15.4 Å². The summed E-state index contributed by atoms with van der Waals surface area (Å²) in [6, 6.07) is 8.03. The van der Waals surface area contributed by atoms with E-state index in [1.165, 1.54) is 6.07 Å². The van der Waals surface area contributed by atoms with Crippen LogP contribution in [0.15, 0.2) is 35.1 Å². The Hall–Kier alpha value is -2.25. The molecule has 1 aromatic carbocycles. The van der Waals surface area contributed by atoms with Crippen LogP contribution in [0.3, 0.4) is 0 Å². The molecular weight excluding hydrogens is 497 g/mol. The van der Waals surface area contributed by atoms with Gasteiger partial charge in [-0.2, -0.15) is 13.2 Å². The molecular formula is C24H32F3N4O4S-. The quantitative estimate of drug-likeness (QED) is 0.598. The normalized spacial score (nSPS) is 21.4. The average Bonchev–Trinajstić information content (AvgIpc) is 3.19. The highest BCUT2D eigenvalue weighted by molar-refractivity contribution is 7.76. The van der Waals surface area contributed by atoms with Crippen molar-refractivity contribution in [2.24, 2.45) is 18.1 Å². The minimum absolute atomic E-state index is 0.181. The summed E-state index contributed by atoms with van der Waals surface area (Å²) in [6.45, 7) is 5.26. The molecule has 0 radical (unpaired) electrons. The standard InChI is InChI=1S/C24H30F3N3O2.H3NO2S/c1-16-10-17(8-9-28(16)2)15-32-22-7-6-21(29(3)23(22)31)14-30-12-18-4-5-20(24(25,26)27)11-19(18)13-30;1-4(2)3/h4-7,11,16-17H,8-10,12-15H2,1-3H3;1H2,(H,2,3)/p-1. The lowest BCUT2D eigenvalue weighted by Crippen LogP contribution is -2.39. The molecule has 0 saturated carbocycles. The van der Waals surface area contributed by atoms with Gasteiger partial charge in [-0.25, -0.2) is 0 Å². The second-order valence-electron chi connectivity index (χ2n) is 9.47. The first-order valence-corrected chi connectivity index (χ1v) is 12.8. The molecule has 2 aliphatic heterocycles. The number of ether oxygens (including phenoxy) is 1. The second kappa shape index (κ2) is 11.9. The summed E-state index contributed by atoms with van der Waals surface area (Å²) < 4.78 is 64.0. The summed E-state index contributed by atoms with van der Waals surface area (Å²) >= 11 is -2.36. The predicted molar refractivity (Wildman–Crippen MR) is 129 cm³/mol. The first-order chi connectivity index (χ1) is 16.8. The average molecular weight is 530 g/mol. The highest BCUT2D eigenvalue weighted by Gasteiger charge is 2.32. The Kier molecular flexibility index (Phi) is 9.33. The Morgan fingerprint density at radius 1 is 1.17 bits per heavy atom. The maximum Gasteiger partial charge on any atom is 0.416 e. The first-order valence-electron chi connectivity index (χ1n) is 11.6. The molecule has 2 aromatic rings. The molecule has 8 nitrogen and oxygen atoms in total. The van der Waals surface area contributed by atoms with Crippen molar-refractivity contribution in [3.8, 4) is 5.75 Å². The van der Waals surface area contributed by atoms with E-state index in [2.05, 4.69) is 24.0 Å². The maximum atomic E-state index is 13.0. The fraction of sp³-hybridized carbons (Fsp3) is 0.542. The molecule has 3 atom stereocenters. The monoisotopic (exact) mass is 529 g/mol. The Balaban J connectivity index is 0.000000840. The fourth-order valence-electron chi connectivity index (χ4n) is 4.65. The number of aromatic nitrogens is 1. The zero-order valence-electron chi connectivity index (χ0n) is 20.6. The van der Waals surface area contributed by atoms with Crippen molar-refractivity contribution in [2.75, 3.05) is 20.2 Å². The molecule has 0 spiro atoms. The fourth-order valence-corrected chi connectivity index (χ4v) is 4.65. The van der Waals surface area contributed by atoms with Crippen LogP contribution in [0.2, 0.25) is 0 Å². The van der Waals surface area contributed by atoms with Crippen molar-refractivity contribution >= 4 is 11.3 Å². The number of hydrogen-bond acceptors (Lipinski definition) is 6. The second-order valence-corrected chi connectivity index (χ2v) is 9.99. The van der Waals surface area contributed by atoms with Gasteiger partial charge in [0.2, 0.25) is 0 Å². The molecule has 12 heteroatoms. The summed E-state index contributed by atoms with van der Waals surface area (Å²) in [4.78, 5) is 17.2. The summed E-state index contributed by atoms with van der Waals surface area (Å²) in [5.74, 6) is 0.789. The first kappa shape index (κ1) is 28.3. The third-order valence-electron chi connectivity index (χ3n) is 6.87. The van der Waals surface area contributed by atoms with Crippen LogP contribution in [-0.4, -0.2) is 49.4 Å². The predicted octanol–water partition coefficient (Wildman–Crippen LogP) is 2.77. The molecule has 200 valence electrons. The van der Waals surface area contributed by atoms with Gasteiger partial charge in [-0.1, -0.05) is 6.07 Å². The maximum absolute atomic E-state index is 13.0. The van der Waals surface area contributed by atoms with Crippen molar-refractivity contribution in [2.45, 2.75) is 51.6 Å². The Morgan fingerprint density at radius 2 is 1.83 bits per heavy atom. The van der Waals surface area contributed by atoms with Crippen LogP contribution in [0, 0.1) is 5.92 Å². The Morgan fingerprint density at radius 3 is 2.47 bits per heavy atom. The molecule has 36 heavy (non-hydrogen) atoms. The number of nitrogens with zero attached hydrogens (tertiary/aromatic N) is 3. The minimum atomic E-state index is -4.34. The molecule has 4 rings (SSSR count). The van der Waals surface area contributed by atoms with E-state index in [0.717, 1.165) is 36.7 Å². The van der Waals surface area contributed by atoms with E-state index in [9.17, 15) is 18.0 Å². The van der Waals surface area contributed by atoms with E-state index in [0.29, 0.717) is 49.5 Å². The molecule has 0 aliphatic carbocycles. The van der Waals surface area contributed by atoms with Crippen molar-refractivity contribution in [3.63, 3.8) is 0 Å². The smallest absolute Gasteiger partial charge is 0.416 e. The van der Waals surface area contributed by atoms with Crippen LogP contribution in [0.1, 0.15) is 42.1 Å². The SMILES string of the molecule is CC1CC(COc2ccc(CN3Cc4ccc(C(F)(F)F)cc4C3)n(C)c2=O)CCN1C.NS(=O)[O-]. The van der Waals surface area contributed by atoms with E-state index >= 15 is 0 Å². The molecule has 2 aliphatic rings. The Bertz CT molecular complexity index is 1140. The van der Waals surface area contributed by atoms with E-state index in [4.69, 9.17) is 13.5 Å². The van der Waals surface area contributed by atoms with E-state index in [1.807, 2.05) is 11.0 Å². The van der Waals surface area contributed by atoms with E-state index in [1.54, 1.807) is 23.7 Å². The van der Waals surface area contributed by atoms with Crippen LogP contribution in [0.25, 0.3) is 0 Å². The number of fused-ring (bicyclic) bond motifs is 1. The van der Waals surface area contributed by atoms with E-state index in [-0.39, 0.29) is 5.56 Å². The number of halogens is 3. The van der Waals surface area contributed by atoms with Gasteiger partial charge in [-0.05, 0) is 74.7 Å². The summed E-state index contributed by atoms with van der Waals surface area (Å²) in [5, 5.41) is 4.03. The molecule has 3 heterocycles. The third kappa shape index (κ3) is 7.39. The largest absolute Gasteiger partial charge is 0.760 e. The number of likely N-dealkylation sites (tertiary alicyclic amines) is 1. The number of pyridine rings is 1. The van der Waals surface area contributed by atoms with Crippen LogP contribution >= 0.6 is 0 Å². The lowest BCUT2D eigenvalue weighted by molar-refractivity contribution is -0.137. The number of hydrogen-bond donors (Lipinski definition) is 1. The number of piperidine rings is 1. The molecule has 0 amide bonds. The molecule has 3 unspecified atom stereocenters. The third-order valence-corrected chi connectivity index (χ3v) is 6.87. The number of rotatable bonds is 5. The van der Waals surface area contributed by atoms with Gasteiger partial charge in [0.15, 0.2) is 5.75 Å². The number of alkyl halides is 3. The molecule has 2 N–H and O–H groups in total. The summed E-state index contributed by atoms with van der Waals surface area (Å²) in [5.41, 5.74) is 1.59. The van der Waals surface area contributed by atoms with Crippen LogP contribution in [0.4, 0.5) is 13.2 Å². The van der Waals surface area contributed by atoms with Crippen LogP contribution in [0.5, 0.6) is 5.75 Å². The molecule has 0 bridgehead atoms. The Labute approximate surface area is 211 Å². The van der Waals surface area contributed by atoms with Crippen molar-refractivity contribution in [1.29, 1.82) is 0 Å². The van der Waals surface area contributed by atoms with Crippen molar-refractivity contribution < 1.29 is 26.7 Å². The zero-order valence-corrected chi connectivity index (χ0v) is 21.4. The summed E-state index contributed by atoms with van der Waals surface area (Å²) in [6.07, 6.45) is -2.22. The minimum Gasteiger partial charge on any atom is -0.760 e. The number of benzene rings is 1. The van der Waals surface area contributed by atoms with Gasteiger partial charge >= 0.3 is 6.18 Å². The molecule has 1 saturated heterocycles. The highest BCUT2D eigenvalue weighted by atomic mass is 32.2. The lowest BCUT2D eigenvalue weighted by atomic mass is 9.93. The van der Waals surface area contributed by atoms with Gasteiger partial charge < -0.3 is 18.8 Å². The highest BCUT2D eigenvalue weighted by Crippen LogP contribution is 2.33. The zero-order chi connectivity index (χ0) is 26.6. The van der Waals surface area contributed by atoms with Crippen molar-refractivity contribution in [1.82, 2.24) is 14.4 Å². The molecule has 1 fully saturated rings. The van der Waals surface area contributed by atoms with Gasteiger partial charge in [-0.15, -0.1) is 0 Å². The van der Waals surface area contributed by atoms with Gasteiger partial charge in [0.25, 0.3) is 5.56 Å². The van der Waals surface area contributed by atoms with Gasteiger partial charge in [0, 0.05) is 49.7 Å². The lowest BCUT2D eigenvalue weighted by Gasteiger charge is -2.34. The van der Waals surface area contributed by atoms with Gasteiger partial charge in [0.05, 0.1) is 12.2 Å². The topological polar surface area (TPSA) is 104 Å². The van der Waals surface area contributed by atoms with Crippen molar-refractivity contribution in [3.05, 3.63) is 63.1 Å². The van der Waals surface area contributed by atoms with Gasteiger partial charge in [0.1, 0.15) is 0 Å². The summed E-state index contributed by atoms with van der Waals surface area (Å²) in [7, 11) is 3.84. The van der Waals surface area contributed by atoms with E-state index < -0.39 is 23.0 Å². The number of nitrogens with two attached hydrogens (primary N) is 1. The van der Waals surface area contributed by atoms with Crippen LogP contribution in [-0.2, 0) is 44.1 Å². The molecule has 1 aromatic heterocycles.